The molecule has 1 aliphatic rings. The Balaban J connectivity index is 2.31. The standard InChI is InChI=1S/C10H8ClFO/c11-8-3-1-6(5-9(8)12)7-2-4-10(7)13/h1,3,5,7H,2,4H2. The number of carbonyl (C=O) groups is 1. The second-order valence-corrected chi connectivity index (χ2v) is 3.64. The highest BCUT2D eigenvalue weighted by Crippen LogP contribution is 2.34. The zero-order valence-electron chi connectivity index (χ0n) is 6.89. The fraction of sp³-hybridized carbons (Fsp3) is 0.300. The van der Waals surface area contributed by atoms with Crippen LogP contribution in [-0.4, -0.2) is 5.78 Å². The molecule has 3 heteroatoms. The van der Waals surface area contributed by atoms with Gasteiger partial charge in [0, 0.05) is 12.3 Å². The summed E-state index contributed by atoms with van der Waals surface area (Å²) in [5.41, 5.74) is 0.748. The van der Waals surface area contributed by atoms with Gasteiger partial charge in [0.25, 0.3) is 0 Å². The van der Waals surface area contributed by atoms with Gasteiger partial charge in [-0.25, -0.2) is 4.39 Å². The van der Waals surface area contributed by atoms with Crippen LogP contribution in [0.5, 0.6) is 0 Å². The highest BCUT2D eigenvalue weighted by molar-refractivity contribution is 6.30. The van der Waals surface area contributed by atoms with E-state index in [0.717, 1.165) is 12.0 Å². The van der Waals surface area contributed by atoms with Crippen molar-refractivity contribution in [1.29, 1.82) is 0 Å². The first-order valence-electron chi connectivity index (χ1n) is 4.16. The zero-order valence-corrected chi connectivity index (χ0v) is 7.64. The lowest BCUT2D eigenvalue weighted by Crippen LogP contribution is -2.23. The summed E-state index contributed by atoms with van der Waals surface area (Å²) in [5.74, 6) is -0.340. The van der Waals surface area contributed by atoms with Gasteiger partial charge in [-0.05, 0) is 24.1 Å². The Morgan fingerprint density at radius 3 is 2.69 bits per heavy atom. The van der Waals surface area contributed by atoms with Gasteiger partial charge in [-0.1, -0.05) is 17.7 Å². The van der Waals surface area contributed by atoms with Crippen LogP contribution in [0, 0.1) is 5.82 Å². The number of benzene rings is 1. The fourth-order valence-electron chi connectivity index (χ4n) is 1.49. The molecule has 0 bridgehead atoms. The van der Waals surface area contributed by atoms with E-state index in [1.807, 2.05) is 0 Å². The molecule has 0 aromatic heterocycles. The Morgan fingerprint density at radius 1 is 1.46 bits per heavy atom. The van der Waals surface area contributed by atoms with Crippen LogP contribution in [-0.2, 0) is 4.79 Å². The number of ketones is 1. The van der Waals surface area contributed by atoms with Gasteiger partial charge in [0.05, 0.1) is 5.02 Å². The Kier molecular flexibility index (Phi) is 2.08. The molecule has 1 fully saturated rings. The summed E-state index contributed by atoms with van der Waals surface area (Å²) in [6.45, 7) is 0. The minimum Gasteiger partial charge on any atom is -0.299 e. The molecule has 0 radical (unpaired) electrons. The molecule has 1 atom stereocenters. The van der Waals surface area contributed by atoms with E-state index in [0.29, 0.717) is 6.42 Å². The molecule has 0 saturated heterocycles. The van der Waals surface area contributed by atoms with Crippen molar-refractivity contribution >= 4 is 17.4 Å². The first-order chi connectivity index (χ1) is 6.18. The molecule has 0 heterocycles. The lowest BCUT2D eigenvalue weighted by atomic mass is 9.79. The van der Waals surface area contributed by atoms with Crippen LogP contribution in [0.25, 0.3) is 0 Å². The Hall–Kier alpha value is -0.890. The van der Waals surface area contributed by atoms with Gasteiger partial charge < -0.3 is 0 Å². The third-order valence-electron chi connectivity index (χ3n) is 2.41. The third kappa shape index (κ3) is 1.46. The summed E-state index contributed by atoms with van der Waals surface area (Å²) in [6.07, 6.45) is 1.45. The molecular weight excluding hydrogens is 191 g/mol. The van der Waals surface area contributed by atoms with Crippen LogP contribution in [0.2, 0.25) is 5.02 Å². The van der Waals surface area contributed by atoms with Crippen LogP contribution in [0.3, 0.4) is 0 Å². The van der Waals surface area contributed by atoms with Crippen molar-refractivity contribution in [2.24, 2.45) is 0 Å². The molecule has 1 aliphatic carbocycles. The van der Waals surface area contributed by atoms with Gasteiger partial charge in [0.2, 0.25) is 0 Å². The predicted molar refractivity (Wildman–Crippen MR) is 48.4 cm³/mol. The maximum atomic E-state index is 13.0. The van der Waals surface area contributed by atoms with E-state index in [-0.39, 0.29) is 16.7 Å². The molecule has 1 aromatic rings. The van der Waals surface area contributed by atoms with Crippen molar-refractivity contribution in [3.05, 3.63) is 34.6 Å². The molecule has 0 aliphatic heterocycles. The van der Waals surface area contributed by atoms with E-state index in [4.69, 9.17) is 11.6 Å². The number of Topliss-reactive ketones (excluding diaryl/α,β-unsaturated/α-hetero) is 1. The van der Waals surface area contributed by atoms with Crippen molar-refractivity contribution in [3.8, 4) is 0 Å². The molecule has 0 spiro atoms. The lowest BCUT2D eigenvalue weighted by molar-refractivity contribution is -0.125. The SMILES string of the molecule is O=C1CCC1c1ccc(Cl)c(F)c1. The van der Waals surface area contributed by atoms with E-state index >= 15 is 0 Å². The Labute approximate surface area is 80.5 Å². The number of hydrogen-bond acceptors (Lipinski definition) is 1. The highest BCUT2D eigenvalue weighted by Gasteiger charge is 2.29. The van der Waals surface area contributed by atoms with Gasteiger partial charge in [0.1, 0.15) is 11.6 Å². The quantitative estimate of drug-likeness (QED) is 0.678. The normalized spacial score (nSPS) is 21.4. The summed E-state index contributed by atoms with van der Waals surface area (Å²) in [6, 6.07) is 4.56. The number of halogens is 2. The number of hydrogen-bond donors (Lipinski definition) is 0. The van der Waals surface area contributed by atoms with Crippen molar-refractivity contribution in [1.82, 2.24) is 0 Å². The minimum absolute atomic E-state index is 0.0910. The maximum Gasteiger partial charge on any atom is 0.142 e. The van der Waals surface area contributed by atoms with E-state index in [9.17, 15) is 9.18 Å². The number of carbonyl (C=O) groups excluding carboxylic acids is 1. The predicted octanol–water partition coefficient (Wildman–Crippen LogP) is 2.93. The van der Waals surface area contributed by atoms with Crippen molar-refractivity contribution in [2.45, 2.75) is 18.8 Å². The molecule has 13 heavy (non-hydrogen) atoms. The molecule has 1 nitrogen and oxygen atoms in total. The highest BCUT2D eigenvalue weighted by atomic mass is 35.5. The average molecular weight is 199 g/mol. The summed E-state index contributed by atoms with van der Waals surface area (Å²) < 4.78 is 13.0. The molecule has 0 N–H and O–H groups in total. The molecule has 68 valence electrons. The van der Waals surface area contributed by atoms with Gasteiger partial charge in [-0.3, -0.25) is 4.79 Å². The van der Waals surface area contributed by atoms with E-state index in [2.05, 4.69) is 0 Å². The van der Waals surface area contributed by atoms with E-state index in [1.54, 1.807) is 6.07 Å². The third-order valence-corrected chi connectivity index (χ3v) is 2.72. The van der Waals surface area contributed by atoms with Crippen molar-refractivity contribution in [3.63, 3.8) is 0 Å². The lowest BCUT2D eigenvalue weighted by Gasteiger charge is -2.24. The smallest absolute Gasteiger partial charge is 0.142 e. The molecule has 0 amide bonds. The maximum absolute atomic E-state index is 13.0. The minimum atomic E-state index is -0.445. The van der Waals surface area contributed by atoms with Crippen LogP contribution >= 0.6 is 11.6 Å². The van der Waals surface area contributed by atoms with Crippen LogP contribution < -0.4 is 0 Å². The van der Waals surface area contributed by atoms with Gasteiger partial charge in [-0.15, -0.1) is 0 Å². The summed E-state index contributed by atoms with van der Waals surface area (Å²) >= 11 is 5.52. The Morgan fingerprint density at radius 2 is 2.23 bits per heavy atom. The Bertz CT molecular complexity index is 362. The first kappa shape index (κ1) is 8.70. The second-order valence-electron chi connectivity index (χ2n) is 3.23. The van der Waals surface area contributed by atoms with Crippen molar-refractivity contribution in [2.75, 3.05) is 0 Å². The van der Waals surface area contributed by atoms with Gasteiger partial charge in [0.15, 0.2) is 0 Å². The topological polar surface area (TPSA) is 17.1 Å². The van der Waals surface area contributed by atoms with Gasteiger partial charge in [-0.2, -0.15) is 0 Å². The molecule has 1 saturated carbocycles. The second kappa shape index (κ2) is 3.11. The molecular formula is C10H8ClFO. The monoisotopic (exact) mass is 198 g/mol. The molecule has 2 rings (SSSR count). The summed E-state index contributed by atoms with van der Waals surface area (Å²) in [7, 11) is 0. The first-order valence-corrected chi connectivity index (χ1v) is 4.54. The summed E-state index contributed by atoms with van der Waals surface area (Å²) in [5, 5.41) is 0.107. The van der Waals surface area contributed by atoms with Crippen LogP contribution in [0.1, 0.15) is 24.3 Å². The van der Waals surface area contributed by atoms with Gasteiger partial charge >= 0.3 is 0 Å². The average Bonchev–Trinajstić information content (AvgIpc) is 2.09. The van der Waals surface area contributed by atoms with Crippen LogP contribution in [0.4, 0.5) is 4.39 Å². The molecule has 1 aromatic carbocycles. The van der Waals surface area contributed by atoms with Crippen LogP contribution in [0.15, 0.2) is 18.2 Å². The van der Waals surface area contributed by atoms with Crippen molar-refractivity contribution < 1.29 is 9.18 Å². The van der Waals surface area contributed by atoms with E-state index in [1.165, 1.54) is 12.1 Å². The number of rotatable bonds is 1. The zero-order chi connectivity index (χ0) is 9.42. The molecule has 1 unspecified atom stereocenters. The largest absolute Gasteiger partial charge is 0.299 e. The summed E-state index contributed by atoms with van der Waals surface area (Å²) in [4.78, 5) is 11.1. The fourth-order valence-corrected chi connectivity index (χ4v) is 1.61. The van der Waals surface area contributed by atoms with E-state index < -0.39 is 5.82 Å².